The van der Waals surface area contributed by atoms with Crippen LogP contribution in [0.3, 0.4) is 0 Å². The number of esters is 2. The number of aliphatic carboxylic acids is 2. The summed E-state index contributed by atoms with van der Waals surface area (Å²) in [7, 11) is 2.13. The van der Waals surface area contributed by atoms with E-state index in [0.717, 1.165) is 18.4 Å². The number of quaternary nitrogens is 1. The van der Waals surface area contributed by atoms with Crippen LogP contribution in [0.1, 0.15) is 51.5 Å². The first-order chi connectivity index (χ1) is 15.0. The molecule has 2 aliphatic rings. The average molecular weight is 609 g/mol. The molecule has 2 bridgehead atoms. The van der Waals surface area contributed by atoms with Crippen LogP contribution in [-0.2, 0) is 25.7 Å². The molecule has 3 unspecified atom stereocenters. The number of carbonyl (C=O) groups excluding carboxylic acids is 3. The van der Waals surface area contributed by atoms with E-state index in [9.17, 15) is 24.3 Å². The highest BCUT2D eigenvalue weighted by atomic mass is 79.9. The van der Waals surface area contributed by atoms with Crippen LogP contribution in [0.25, 0.3) is 0 Å². The van der Waals surface area contributed by atoms with Crippen molar-refractivity contribution >= 4 is 57.8 Å². The van der Waals surface area contributed by atoms with Crippen LogP contribution in [0.15, 0.2) is 18.2 Å². The molecular weight excluding hydrogens is 578 g/mol. The molecule has 1 aromatic rings. The Bertz CT molecular complexity index is 924. The van der Waals surface area contributed by atoms with E-state index in [4.69, 9.17) is 14.6 Å². The van der Waals surface area contributed by atoms with Crippen LogP contribution in [0.2, 0.25) is 0 Å². The van der Waals surface area contributed by atoms with E-state index in [-0.39, 0.29) is 63.5 Å². The summed E-state index contributed by atoms with van der Waals surface area (Å²) in [4.78, 5) is 45.6. The molecule has 0 spiro atoms. The highest BCUT2D eigenvalue weighted by Crippen LogP contribution is 2.47. The number of nitrogens with zero attached hydrogens (tertiary/aromatic N) is 1. The number of fused-ring (bicyclic) bond motifs is 2. The van der Waals surface area contributed by atoms with Gasteiger partial charge in [-0.05, 0) is 24.1 Å². The van der Waals surface area contributed by atoms with Crippen molar-refractivity contribution in [2.45, 2.75) is 64.6 Å². The summed E-state index contributed by atoms with van der Waals surface area (Å²) in [6, 6.07) is 5.52. The van der Waals surface area contributed by atoms with Crippen LogP contribution in [0.4, 0.5) is 0 Å². The van der Waals surface area contributed by atoms with Gasteiger partial charge in [0, 0.05) is 57.0 Å². The molecule has 0 radical (unpaired) electrons. The molecule has 3 rings (SSSR count). The lowest BCUT2D eigenvalue weighted by atomic mass is 9.78. The van der Waals surface area contributed by atoms with E-state index < -0.39 is 36.2 Å². The van der Waals surface area contributed by atoms with Crippen molar-refractivity contribution in [3.63, 3.8) is 0 Å². The van der Waals surface area contributed by atoms with Crippen molar-refractivity contribution in [1.82, 2.24) is 0 Å². The van der Waals surface area contributed by atoms with Gasteiger partial charge in [0.1, 0.15) is 6.54 Å². The molecule has 0 amide bonds. The van der Waals surface area contributed by atoms with Gasteiger partial charge >= 0.3 is 17.9 Å². The fourth-order valence-corrected chi connectivity index (χ4v) is 5.52. The number of ether oxygens (including phenoxy) is 2. The van der Waals surface area contributed by atoms with Crippen molar-refractivity contribution in [1.29, 1.82) is 0 Å². The van der Waals surface area contributed by atoms with Crippen molar-refractivity contribution in [3.05, 3.63) is 23.8 Å². The summed E-state index contributed by atoms with van der Waals surface area (Å²) in [5, 5.41) is 20.7. The third-order valence-corrected chi connectivity index (χ3v) is 6.96. The maximum absolute atomic E-state index is 11.6. The predicted octanol–water partition coefficient (Wildman–Crippen LogP) is 2.42. The zero-order valence-electron chi connectivity index (χ0n) is 19.4. The number of piperidine rings is 1. The highest BCUT2D eigenvalue weighted by Gasteiger charge is 2.52. The molecule has 5 atom stereocenters. The maximum Gasteiger partial charge on any atom is 0.308 e. The number of benzene rings is 1. The number of hydrogen-bond acceptors (Lipinski definition) is 7. The lowest BCUT2D eigenvalue weighted by Crippen LogP contribution is -2.58. The van der Waals surface area contributed by atoms with Crippen LogP contribution in [0, 0.1) is 11.8 Å². The molecule has 1 N–H and O–H groups in total. The topological polar surface area (TPSA) is 130 Å². The van der Waals surface area contributed by atoms with Gasteiger partial charge in [-0.15, -0.1) is 34.0 Å². The lowest BCUT2D eigenvalue weighted by molar-refractivity contribution is -0.962. The second-order valence-electron chi connectivity index (χ2n) is 9.11. The van der Waals surface area contributed by atoms with Crippen LogP contribution >= 0.6 is 34.0 Å². The SMILES string of the molecule is Br.Br.CC(=O)Oc1ccc(C[N+]2(C)[C@@H]3CC[C@H]2CC(C(CC(=O)O)C(=O)[O-])C3)cc1OC(C)=O. The standard InChI is InChI=1S/C23H29NO8.2BrH/c1-13(25)31-20-7-4-15(8-21(20)32-14(2)26)12-24(3)17-5-6-18(24)10-16(9-17)19(23(29)30)11-22(27)28;;/h4,7-8,16-19H,5-6,9-12H2,1-3H3,(H-,27,28,29,30);2*1H/t16?,17-,18+,19?,24?;;. The van der Waals surface area contributed by atoms with Gasteiger partial charge in [0.25, 0.3) is 0 Å². The fourth-order valence-electron chi connectivity index (χ4n) is 5.52. The van der Waals surface area contributed by atoms with Crippen LogP contribution < -0.4 is 14.6 Å². The molecule has 2 fully saturated rings. The number of carbonyl (C=O) groups is 4. The predicted molar refractivity (Wildman–Crippen MR) is 130 cm³/mol. The summed E-state index contributed by atoms with van der Waals surface area (Å²) in [5.41, 5.74) is 0.900. The van der Waals surface area contributed by atoms with E-state index in [1.54, 1.807) is 12.1 Å². The third-order valence-electron chi connectivity index (χ3n) is 6.96. The van der Waals surface area contributed by atoms with Crippen molar-refractivity contribution in [2.75, 3.05) is 7.05 Å². The molecule has 1 aromatic carbocycles. The zero-order chi connectivity index (χ0) is 23.6. The molecule has 0 aromatic heterocycles. The van der Waals surface area contributed by atoms with E-state index in [0.29, 0.717) is 23.9 Å². The average Bonchev–Trinajstić information content (AvgIpc) is 2.84. The quantitative estimate of drug-likeness (QED) is 0.271. The smallest absolute Gasteiger partial charge is 0.308 e. The van der Waals surface area contributed by atoms with E-state index in [1.807, 2.05) is 6.07 Å². The monoisotopic (exact) mass is 607 g/mol. The third kappa shape index (κ3) is 6.79. The molecule has 34 heavy (non-hydrogen) atoms. The Morgan fingerprint density at radius 2 is 1.56 bits per heavy atom. The Balaban J connectivity index is 0.00000289. The number of halogens is 2. The summed E-state index contributed by atoms with van der Waals surface area (Å²) in [6.07, 6.45) is 2.71. The Morgan fingerprint density at radius 1 is 1.03 bits per heavy atom. The van der Waals surface area contributed by atoms with E-state index in [2.05, 4.69) is 7.05 Å². The van der Waals surface area contributed by atoms with Crippen molar-refractivity contribution in [2.24, 2.45) is 11.8 Å². The number of rotatable bonds is 8. The summed E-state index contributed by atoms with van der Waals surface area (Å²) < 4.78 is 11.1. The highest BCUT2D eigenvalue weighted by molar-refractivity contribution is 8.93. The van der Waals surface area contributed by atoms with Gasteiger partial charge in [-0.2, -0.15) is 0 Å². The molecule has 190 valence electrons. The van der Waals surface area contributed by atoms with Crippen LogP contribution in [0.5, 0.6) is 11.5 Å². The minimum Gasteiger partial charge on any atom is -0.550 e. The minimum atomic E-state index is -1.29. The molecule has 0 aliphatic carbocycles. The molecule has 2 aliphatic heterocycles. The molecule has 2 saturated heterocycles. The van der Waals surface area contributed by atoms with Gasteiger partial charge < -0.3 is 29.0 Å². The van der Waals surface area contributed by atoms with Gasteiger partial charge in [0.05, 0.1) is 25.6 Å². The van der Waals surface area contributed by atoms with Gasteiger partial charge in [-0.25, -0.2) is 0 Å². The zero-order valence-corrected chi connectivity index (χ0v) is 22.8. The number of carboxylic acids is 2. The maximum atomic E-state index is 11.6. The molecule has 11 heteroatoms. The molecule has 0 saturated carbocycles. The van der Waals surface area contributed by atoms with Crippen LogP contribution in [-0.4, -0.2) is 52.6 Å². The largest absolute Gasteiger partial charge is 0.550 e. The normalized spacial score (nSPS) is 25.8. The Labute approximate surface area is 219 Å². The Hall–Kier alpha value is -1.98. The second-order valence-corrected chi connectivity index (χ2v) is 9.11. The van der Waals surface area contributed by atoms with E-state index >= 15 is 0 Å². The van der Waals surface area contributed by atoms with Gasteiger partial charge in [-0.3, -0.25) is 14.4 Å². The first-order valence-corrected chi connectivity index (χ1v) is 10.8. The molecule has 9 nitrogen and oxygen atoms in total. The van der Waals surface area contributed by atoms with Gasteiger partial charge in [0.15, 0.2) is 11.5 Å². The van der Waals surface area contributed by atoms with Crippen molar-refractivity contribution in [3.8, 4) is 11.5 Å². The number of carboxylic acid groups (broad SMARTS) is 2. The van der Waals surface area contributed by atoms with Gasteiger partial charge in [0.2, 0.25) is 0 Å². The van der Waals surface area contributed by atoms with Crippen molar-refractivity contribution < 1.29 is 43.3 Å². The molecule has 2 heterocycles. The second kappa shape index (κ2) is 12.1. The number of hydrogen-bond donors (Lipinski definition) is 1. The minimum absolute atomic E-state index is 0. The molecular formula is C23H31Br2NO8. The first kappa shape index (κ1) is 30.1. The Kier molecular flexibility index (Phi) is 10.7. The lowest BCUT2D eigenvalue weighted by Gasteiger charge is -2.48. The Morgan fingerprint density at radius 3 is 2.03 bits per heavy atom. The van der Waals surface area contributed by atoms with E-state index in [1.165, 1.54) is 13.8 Å². The summed E-state index contributed by atoms with van der Waals surface area (Å²) >= 11 is 0. The first-order valence-electron chi connectivity index (χ1n) is 10.8. The summed E-state index contributed by atoms with van der Waals surface area (Å²) in [5.74, 6) is -4.31. The fraction of sp³-hybridized carbons (Fsp3) is 0.565. The summed E-state index contributed by atoms with van der Waals surface area (Å²) in [6.45, 7) is 3.17. The van der Waals surface area contributed by atoms with Gasteiger partial charge in [-0.1, -0.05) is 0 Å².